The summed E-state index contributed by atoms with van der Waals surface area (Å²) in [5.74, 6) is 1.40. The van der Waals surface area contributed by atoms with Gasteiger partial charge in [0.05, 0.1) is 5.92 Å². The van der Waals surface area contributed by atoms with Gasteiger partial charge < -0.3 is 4.90 Å². The van der Waals surface area contributed by atoms with Gasteiger partial charge in [0, 0.05) is 18.8 Å². The lowest BCUT2D eigenvalue weighted by Crippen LogP contribution is -2.40. The number of amides is 1. The average Bonchev–Trinajstić information content (AvgIpc) is 2.59. The number of rotatable bonds is 9. The lowest BCUT2D eigenvalue weighted by atomic mass is 9.94. The van der Waals surface area contributed by atoms with Crippen molar-refractivity contribution in [1.29, 1.82) is 0 Å². The lowest BCUT2D eigenvalue weighted by Gasteiger charge is -2.32. The van der Waals surface area contributed by atoms with Crippen molar-refractivity contribution in [2.45, 2.75) is 91.4 Å². The standard InChI is InChI=1S/C21H37N3O/c1-4-5-6-7-8-9-10-11-12-19-18(3)22-21(23-20(19)25)24-15-13-17(2)14-16-24/h17,19H,4-16H2,1-3H3. The van der Waals surface area contributed by atoms with Crippen LogP contribution in [0.25, 0.3) is 0 Å². The van der Waals surface area contributed by atoms with Gasteiger partial charge in [-0.1, -0.05) is 65.2 Å². The molecule has 0 aliphatic carbocycles. The molecule has 0 radical (unpaired) electrons. The summed E-state index contributed by atoms with van der Waals surface area (Å²) in [6, 6.07) is 0. The van der Waals surface area contributed by atoms with Gasteiger partial charge in [-0.2, -0.15) is 4.99 Å². The second kappa shape index (κ2) is 10.7. The van der Waals surface area contributed by atoms with E-state index in [0.717, 1.165) is 37.6 Å². The molecular formula is C21H37N3O. The molecule has 4 nitrogen and oxygen atoms in total. The van der Waals surface area contributed by atoms with Crippen LogP contribution < -0.4 is 0 Å². The van der Waals surface area contributed by atoms with Crippen LogP contribution in [0.4, 0.5) is 0 Å². The Morgan fingerprint density at radius 2 is 1.56 bits per heavy atom. The minimum absolute atomic E-state index is 0.0315. The van der Waals surface area contributed by atoms with Gasteiger partial charge in [-0.05, 0) is 32.1 Å². The fourth-order valence-corrected chi connectivity index (χ4v) is 3.78. The molecule has 1 unspecified atom stereocenters. The van der Waals surface area contributed by atoms with E-state index in [1.807, 2.05) is 6.92 Å². The predicted octanol–water partition coefficient (Wildman–Crippen LogP) is 5.22. The number of likely N-dealkylation sites (tertiary alicyclic amines) is 1. The number of aliphatic imine (C=N–C) groups is 2. The number of carbonyl (C=O) groups excluding carboxylic acids is 1. The molecule has 142 valence electrons. The molecule has 1 atom stereocenters. The highest BCUT2D eigenvalue weighted by Gasteiger charge is 2.28. The highest BCUT2D eigenvalue weighted by molar-refractivity contribution is 6.14. The molecule has 0 aromatic heterocycles. The Morgan fingerprint density at radius 1 is 0.960 bits per heavy atom. The monoisotopic (exact) mass is 347 g/mol. The number of hydrogen-bond acceptors (Lipinski definition) is 3. The van der Waals surface area contributed by atoms with Crippen LogP contribution in [0.5, 0.6) is 0 Å². The Hall–Kier alpha value is -1.19. The normalized spacial score (nSPS) is 22.1. The maximum atomic E-state index is 12.5. The first-order chi connectivity index (χ1) is 12.1. The van der Waals surface area contributed by atoms with E-state index in [9.17, 15) is 4.79 Å². The van der Waals surface area contributed by atoms with E-state index in [0.29, 0.717) is 5.96 Å². The van der Waals surface area contributed by atoms with Gasteiger partial charge in [-0.25, -0.2) is 4.99 Å². The molecule has 4 heteroatoms. The second-order valence-electron chi connectivity index (χ2n) is 7.99. The second-order valence-corrected chi connectivity index (χ2v) is 7.99. The molecule has 25 heavy (non-hydrogen) atoms. The van der Waals surface area contributed by atoms with Crippen molar-refractivity contribution in [1.82, 2.24) is 4.90 Å². The fraction of sp³-hybridized carbons (Fsp3) is 0.857. The van der Waals surface area contributed by atoms with Gasteiger partial charge in [0.15, 0.2) is 0 Å². The molecule has 0 saturated carbocycles. The molecule has 0 spiro atoms. The summed E-state index contributed by atoms with van der Waals surface area (Å²) in [4.78, 5) is 23.7. The van der Waals surface area contributed by atoms with Gasteiger partial charge in [-0.15, -0.1) is 0 Å². The fourth-order valence-electron chi connectivity index (χ4n) is 3.78. The highest BCUT2D eigenvalue weighted by atomic mass is 16.1. The van der Waals surface area contributed by atoms with Crippen LogP contribution in [0, 0.1) is 11.8 Å². The Kier molecular flexibility index (Phi) is 8.63. The third-order valence-corrected chi connectivity index (χ3v) is 5.70. The van der Waals surface area contributed by atoms with Crippen LogP contribution >= 0.6 is 0 Å². The zero-order valence-corrected chi connectivity index (χ0v) is 16.6. The molecule has 1 amide bonds. The molecule has 2 aliphatic heterocycles. The van der Waals surface area contributed by atoms with E-state index in [-0.39, 0.29) is 11.8 Å². The lowest BCUT2D eigenvalue weighted by molar-refractivity contribution is -0.120. The molecule has 2 rings (SSSR count). The number of guanidine groups is 1. The van der Waals surface area contributed by atoms with Crippen LogP contribution in [0.2, 0.25) is 0 Å². The zero-order valence-electron chi connectivity index (χ0n) is 16.6. The van der Waals surface area contributed by atoms with E-state index >= 15 is 0 Å². The molecule has 0 N–H and O–H groups in total. The number of unbranched alkanes of at least 4 members (excludes halogenated alkanes) is 7. The molecule has 1 saturated heterocycles. The average molecular weight is 348 g/mol. The minimum atomic E-state index is -0.0763. The number of piperidine rings is 1. The smallest absolute Gasteiger partial charge is 0.257 e. The molecule has 0 bridgehead atoms. The van der Waals surface area contributed by atoms with Crippen LogP contribution in [-0.4, -0.2) is 35.6 Å². The summed E-state index contributed by atoms with van der Waals surface area (Å²) >= 11 is 0. The zero-order chi connectivity index (χ0) is 18.1. The van der Waals surface area contributed by atoms with Crippen LogP contribution in [0.1, 0.15) is 91.4 Å². The maximum absolute atomic E-state index is 12.5. The van der Waals surface area contributed by atoms with Gasteiger partial charge in [0.25, 0.3) is 5.91 Å². The number of hydrogen-bond donors (Lipinski definition) is 0. The first-order valence-electron chi connectivity index (χ1n) is 10.5. The van der Waals surface area contributed by atoms with Crippen molar-refractivity contribution >= 4 is 17.6 Å². The minimum Gasteiger partial charge on any atom is -0.341 e. The van der Waals surface area contributed by atoms with Crippen LogP contribution in [0.15, 0.2) is 9.98 Å². The summed E-state index contributed by atoms with van der Waals surface area (Å²) in [6.07, 6.45) is 13.6. The Bertz CT molecular complexity index is 476. The van der Waals surface area contributed by atoms with Crippen molar-refractivity contribution in [3.05, 3.63) is 0 Å². The summed E-state index contributed by atoms with van der Waals surface area (Å²) in [5, 5.41) is 0. The van der Waals surface area contributed by atoms with Crippen molar-refractivity contribution in [2.75, 3.05) is 13.1 Å². The van der Waals surface area contributed by atoms with E-state index in [1.165, 1.54) is 57.8 Å². The first kappa shape index (κ1) is 20.1. The van der Waals surface area contributed by atoms with Gasteiger partial charge in [0.2, 0.25) is 5.96 Å². The highest BCUT2D eigenvalue weighted by Crippen LogP contribution is 2.22. The van der Waals surface area contributed by atoms with E-state index in [4.69, 9.17) is 0 Å². The molecule has 0 aromatic rings. The van der Waals surface area contributed by atoms with E-state index < -0.39 is 0 Å². The van der Waals surface area contributed by atoms with Crippen molar-refractivity contribution in [3.8, 4) is 0 Å². The van der Waals surface area contributed by atoms with E-state index in [2.05, 4.69) is 28.7 Å². The summed E-state index contributed by atoms with van der Waals surface area (Å²) in [6.45, 7) is 8.51. The quantitative estimate of drug-likeness (QED) is 0.537. The van der Waals surface area contributed by atoms with Crippen LogP contribution in [-0.2, 0) is 4.79 Å². The summed E-state index contributed by atoms with van der Waals surface area (Å²) < 4.78 is 0. The molecule has 2 heterocycles. The summed E-state index contributed by atoms with van der Waals surface area (Å²) in [7, 11) is 0. The Balaban J connectivity index is 1.70. The Morgan fingerprint density at radius 3 is 2.16 bits per heavy atom. The van der Waals surface area contributed by atoms with Crippen molar-refractivity contribution in [3.63, 3.8) is 0 Å². The molecular weight excluding hydrogens is 310 g/mol. The van der Waals surface area contributed by atoms with E-state index in [1.54, 1.807) is 0 Å². The molecule has 0 aromatic carbocycles. The molecule has 1 fully saturated rings. The third kappa shape index (κ3) is 6.56. The SMILES string of the molecule is CCCCCCCCCCC1C(=O)N=C(N2CCC(C)CC2)N=C1C. The van der Waals surface area contributed by atoms with Gasteiger partial charge >= 0.3 is 0 Å². The van der Waals surface area contributed by atoms with Gasteiger partial charge in [-0.3, -0.25) is 4.79 Å². The largest absolute Gasteiger partial charge is 0.341 e. The predicted molar refractivity (Wildman–Crippen MR) is 106 cm³/mol. The molecule has 2 aliphatic rings. The van der Waals surface area contributed by atoms with Crippen molar-refractivity contribution in [2.24, 2.45) is 21.8 Å². The summed E-state index contributed by atoms with van der Waals surface area (Å²) in [5.41, 5.74) is 0.969. The van der Waals surface area contributed by atoms with Crippen LogP contribution in [0.3, 0.4) is 0 Å². The topological polar surface area (TPSA) is 45.0 Å². The number of nitrogens with zero attached hydrogens (tertiary/aromatic N) is 3. The number of carbonyl (C=O) groups is 1. The third-order valence-electron chi connectivity index (χ3n) is 5.70. The van der Waals surface area contributed by atoms with Gasteiger partial charge in [0.1, 0.15) is 0 Å². The van der Waals surface area contributed by atoms with Crippen molar-refractivity contribution < 1.29 is 4.79 Å². The maximum Gasteiger partial charge on any atom is 0.257 e. The Labute approximate surface area is 154 Å². The first-order valence-corrected chi connectivity index (χ1v) is 10.5.